The lowest BCUT2D eigenvalue weighted by Gasteiger charge is -2.21. The van der Waals surface area contributed by atoms with Crippen molar-refractivity contribution in [1.29, 1.82) is 0 Å². The second kappa shape index (κ2) is 6.13. The Kier molecular flexibility index (Phi) is 3.96. The van der Waals surface area contributed by atoms with Crippen LogP contribution in [0.15, 0.2) is 24.5 Å². The Balaban J connectivity index is 1.66. The largest absolute Gasteiger partial charge is 0.496 e. The SMILES string of the molecule is COc1ccc(-c2nccn2C[C@@H]2C[C@@H]3CC[C@H]2O3)c(OC)c1C. The number of nitrogens with zero attached hydrogens (tertiary/aromatic N) is 2. The number of rotatable bonds is 5. The quantitative estimate of drug-likeness (QED) is 0.843. The maximum atomic E-state index is 6.00. The molecule has 0 unspecified atom stereocenters. The highest BCUT2D eigenvalue weighted by Gasteiger charge is 2.40. The standard InChI is InChI=1S/C19H24N2O3/c1-12-16(22-2)7-5-15(18(12)23-3)19-20-8-9-21(19)11-13-10-14-4-6-17(13)24-14/h5,7-9,13-14,17H,4,6,10-11H2,1-3H3/t13-,14-,17+/m0/s1. The van der Waals surface area contributed by atoms with Crippen molar-refractivity contribution in [2.75, 3.05) is 14.2 Å². The Morgan fingerprint density at radius 2 is 2.12 bits per heavy atom. The van der Waals surface area contributed by atoms with E-state index in [0.717, 1.165) is 35.0 Å². The van der Waals surface area contributed by atoms with Crippen molar-refractivity contribution >= 4 is 0 Å². The minimum absolute atomic E-state index is 0.421. The number of hydrogen-bond donors (Lipinski definition) is 0. The first-order valence-corrected chi connectivity index (χ1v) is 8.59. The molecule has 0 amide bonds. The van der Waals surface area contributed by atoms with E-state index in [9.17, 15) is 0 Å². The summed E-state index contributed by atoms with van der Waals surface area (Å²) in [6, 6.07) is 4.01. The summed E-state index contributed by atoms with van der Waals surface area (Å²) >= 11 is 0. The summed E-state index contributed by atoms with van der Waals surface area (Å²) in [6.07, 6.45) is 8.41. The first-order valence-electron chi connectivity index (χ1n) is 8.59. The van der Waals surface area contributed by atoms with Crippen LogP contribution in [0.1, 0.15) is 24.8 Å². The molecule has 2 fully saturated rings. The lowest BCUT2D eigenvalue weighted by atomic mass is 9.89. The summed E-state index contributed by atoms with van der Waals surface area (Å²) in [6.45, 7) is 2.96. The zero-order chi connectivity index (χ0) is 16.7. The van der Waals surface area contributed by atoms with Crippen LogP contribution < -0.4 is 9.47 Å². The molecule has 2 aliphatic heterocycles. The molecule has 0 saturated carbocycles. The van der Waals surface area contributed by atoms with Gasteiger partial charge in [0.2, 0.25) is 0 Å². The van der Waals surface area contributed by atoms with E-state index >= 15 is 0 Å². The smallest absolute Gasteiger partial charge is 0.143 e. The van der Waals surface area contributed by atoms with Crippen molar-refractivity contribution in [3.8, 4) is 22.9 Å². The third kappa shape index (κ3) is 2.47. The van der Waals surface area contributed by atoms with E-state index in [1.807, 2.05) is 25.3 Å². The molecule has 24 heavy (non-hydrogen) atoms. The van der Waals surface area contributed by atoms with Crippen LogP contribution in [0, 0.1) is 12.8 Å². The van der Waals surface area contributed by atoms with Crippen molar-refractivity contribution in [2.24, 2.45) is 5.92 Å². The average Bonchev–Trinajstić information content (AvgIpc) is 3.31. The van der Waals surface area contributed by atoms with Gasteiger partial charge in [-0.05, 0) is 38.3 Å². The van der Waals surface area contributed by atoms with E-state index in [1.165, 1.54) is 19.3 Å². The average molecular weight is 328 g/mol. The number of imidazole rings is 1. The van der Waals surface area contributed by atoms with Crippen LogP contribution in [0.3, 0.4) is 0 Å². The van der Waals surface area contributed by atoms with E-state index < -0.39 is 0 Å². The van der Waals surface area contributed by atoms with Gasteiger partial charge in [-0.3, -0.25) is 0 Å². The molecular formula is C19H24N2O3. The highest BCUT2D eigenvalue weighted by molar-refractivity contribution is 5.69. The minimum atomic E-state index is 0.421. The Hall–Kier alpha value is -2.01. The molecule has 3 heterocycles. The van der Waals surface area contributed by atoms with Gasteiger partial charge in [-0.25, -0.2) is 4.98 Å². The molecule has 128 valence electrons. The lowest BCUT2D eigenvalue weighted by Crippen LogP contribution is -2.22. The van der Waals surface area contributed by atoms with Crippen molar-refractivity contribution in [2.45, 2.75) is 44.9 Å². The van der Waals surface area contributed by atoms with Gasteiger partial charge in [0, 0.05) is 30.4 Å². The summed E-state index contributed by atoms with van der Waals surface area (Å²) < 4.78 is 19.3. The van der Waals surface area contributed by atoms with Crippen LogP contribution in [-0.2, 0) is 11.3 Å². The Labute approximate surface area is 142 Å². The predicted octanol–water partition coefficient (Wildman–Crippen LogP) is 3.44. The van der Waals surface area contributed by atoms with Crippen LogP contribution in [0.2, 0.25) is 0 Å². The van der Waals surface area contributed by atoms with Crippen molar-refractivity contribution < 1.29 is 14.2 Å². The molecule has 4 rings (SSSR count). The maximum Gasteiger partial charge on any atom is 0.143 e. The fourth-order valence-electron chi connectivity index (χ4n) is 4.22. The second-order valence-electron chi connectivity index (χ2n) is 6.75. The molecule has 0 aliphatic carbocycles. The zero-order valence-electron chi connectivity index (χ0n) is 14.5. The van der Waals surface area contributed by atoms with Crippen LogP contribution in [0.5, 0.6) is 11.5 Å². The van der Waals surface area contributed by atoms with Crippen molar-refractivity contribution in [3.63, 3.8) is 0 Å². The third-order valence-corrected chi connectivity index (χ3v) is 5.40. The maximum absolute atomic E-state index is 6.00. The van der Waals surface area contributed by atoms with Gasteiger partial charge in [0.05, 0.1) is 32.0 Å². The number of benzene rings is 1. The fourth-order valence-corrected chi connectivity index (χ4v) is 4.22. The van der Waals surface area contributed by atoms with Crippen LogP contribution in [0.25, 0.3) is 11.4 Å². The summed E-state index contributed by atoms with van der Waals surface area (Å²) in [4.78, 5) is 4.60. The van der Waals surface area contributed by atoms with Crippen molar-refractivity contribution in [1.82, 2.24) is 9.55 Å². The van der Waals surface area contributed by atoms with Gasteiger partial charge in [-0.1, -0.05) is 0 Å². The van der Waals surface area contributed by atoms with Crippen LogP contribution in [0.4, 0.5) is 0 Å². The molecule has 0 radical (unpaired) electrons. The van der Waals surface area contributed by atoms with Gasteiger partial charge in [-0.2, -0.15) is 0 Å². The number of methoxy groups -OCH3 is 2. The van der Waals surface area contributed by atoms with Crippen LogP contribution >= 0.6 is 0 Å². The Morgan fingerprint density at radius 3 is 2.79 bits per heavy atom. The number of aromatic nitrogens is 2. The van der Waals surface area contributed by atoms with E-state index in [1.54, 1.807) is 14.2 Å². The molecule has 2 saturated heterocycles. The minimum Gasteiger partial charge on any atom is -0.496 e. The van der Waals surface area contributed by atoms with E-state index in [2.05, 4.69) is 15.7 Å². The van der Waals surface area contributed by atoms with Gasteiger partial charge in [-0.15, -0.1) is 0 Å². The first-order chi connectivity index (χ1) is 11.7. The molecule has 5 heteroatoms. The highest BCUT2D eigenvalue weighted by atomic mass is 16.5. The third-order valence-electron chi connectivity index (χ3n) is 5.40. The zero-order valence-corrected chi connectivity index (χ0v) is 14.5. The normalized spacial score (nSPS) is 25.2. The first kappa shape index (κ1) is 15.5. The lowest BCUT2D eigenvalue weighted by molar-refractivity contribution is 0.0900. The Morgan fingerprint density at radius 1 is 1.25 bits per heavy atom. The molecule has 0 N–H and O–H groups in total. The summed E-state index contributed by atoms with van der Waals surface area (Å²) in [5, 5.41) is 0. The summed E-state index contributed by atoms with van der Waals surface area (Å²) in [5.74, 6) is 3.18. The number of ether oxygens (including phenoxy) is 3. The van der Waals surface area contributed by atoms with E-state index in [4.69, 9.17) is 14.2 Å². The molecule has 1 aromatic heterocycles. The Bertz CT molecular complexity index is 740. The topological polar surface area (TPSA) is 45.5 Å². The predicted molar refractivity (Wildman–Crippen MR) is 91.5 cm³/mol. The molecule has 5 nitrogen and oxygen atoms in total. The fraction of sp³-hybridized carbons (Fsp3) is 0.526. The van der Waals surface area contributed by atoms with Gasteiger partial charge in [0.1, 0.15) is 17.3 Å². The van der Waals surface area contributed by atoms with Gasteiger partial charge in [0.25, 0.3) is 0 Å². The molecule has 0 spiro atoms. The number of hydrogen-bond acceptors (Lipinski definition) is 4. The monoisotopic (exact) mass is 328 g/mol. The molecule has 2 bridgehead atoms. The van der Waals surface area contributed by atoms with Gasteiger partial charge in [0.15, 0.2) is 0 Å². The highest BCUT2D eigenvalue weighted by Crippen LogP contribution is 2.41. The molecule has 2 aromatic rings. The summed E-state index contributed by atoms with van der Waals surface area (Å²) in [5.41, 5.74) is 2.00. The van der Waals surface area contributed by atoms with Gasteiger partial charge >= 0.3 is 0 Å². The summed E-state index contributed by atoms with van der Waals surface area (Å²) in [7, 11) is 3.37. The molecule has 1 aromatic carbocycles. The van der Waals surface area contributed by atoms with Crippen LogP contribution in [-0.4, -0.2) is 36.0 Å². The molecule has 3 atom stereocenters. The van der Waals surface area contributed by atoms with Crippen molar-refractivity contribution in [3.05, 3.63) is 30.1 Å². The number of fused-ring (bicyclic) bond motifs is 2. The van der Waals surface area contributed by atoms with Gasteiger partial charge < -0.3 is 18.8 Å². The van der Waals surface area contributed by atoms with E-state index in [0.29, 0.717) is 18.1 Å². The molecule has 2 aliphatic rings. The second-order valence-corrected chi connectivity index (χ2v) is 6.75. The molecular weight excluding hydrogens is 304 g/mol. The van der Waals surface area contributed by atoms with E-state index in [-0.39, 0.29) is 0 Å².